The van der Waals surface area contributed by atoms with Crippen molar-refractivity contribution in [2.75, 3.05) is 0 Å². The second-order valence-electron chi connectivity index (χ2n) is 3.53. The molecule has 0 radical (unpaired) electrons. The van der Waals surface area contributed by atoms with Gasteiger partial charge in [-0.1, -0.05) is 30.4 Å². The molecule has 3 aliphatic rings. The van der Waals surface area contributed by atoms with Crippen LogP contribution in [0.15, 0.2) is 47.3 Å². The molecule has 0 saturated carbocycles. The summed E-state index contributed by atoms with van der Waals surface area (Å²) in [5.41, 5.74) is 2.34. The number of aliphatic hydroxyl groups is 1. The van der Waals surface area contributed by atoms with Gasteiger partial charge in [0.25, 0.3) is 0 Å². The molecule has 0 bridgehead atoms. The molecule has 2 aliphatic carbocycles. The lowest BCUT2D eigenvalue weighted by atomic mass is 9.92. The Balaban J connectivity index is 2.11. The third-order valence-corrected chi connectivity index (χ3v) is 2.68. The average molecular weight is 174 g/mol. The fourth-order valence-corrected chi connectivity index (χ4v) is 2.06. The van der Waals surface area contributed by atoms with Crippen LogP contribution in [0.3, 0.4) is 0 Å². The highest BCUT2D eigenvalue weighted by Crippen LogP contribution is 2.40. The Morgan fingerprint density at radius 1 is 1.38 bits per heavy atom. The Morgan fingerprint density at radius 3 is 3.23 bits per heavy atom. The topological polar surface area (TPSA) is 29.5 Å². The first-order chi connectivity index (χ1) is 6.34. The molecule has 0 aromatic rings. The van der Waals surface area contributed by atoms with Crippen molar-refractivity contribution in [1.82, 2.24) is 0 Å². The van der Waals surface area contributed by atoms with E-state index < -0.39 is 6.29 Å². The Bertz CT molecular complexity index is 372. The number of hydrogen-bond acceptors (Lipinski definition) is 2. The minimum atomic E-state index is -0.620. The standard InChI is InChI=1S/C11H10O2/c12-10-6-8-5-4-7-2-1-3-9(7)11(8)13-10/h1-5,8,10,12H,6H2. The SMILES string of the molecule is OC1CC2C=CC3=CC=CC3=C2O1. The van der Waals surface area contributed by atoms with Gasteiger partial charge in [-0.3, -0.25) is 0 Å². The summed E-state index contributed by atoms with van der Waals surface area (Å²) in [6.07, 6.45) is 10.4. The predicted octanol–water partition coefficient (Wildman–Crippen LogP) is 1.66. The van der Waals surface area contributed by atoms with Crippen LogP contribution in [0, 0.1) is 5.92 Å². The second-order valence-corrected chi connectivity index (χ2v) is 3.53. The summed E-state index contributed by atoms with van der Waals surface area (Å²) >= 11 is 0. The maximum absolute atomic E-state index is 9.35. The van der Waals surface area contributed by atoms with E-state index in [1.807, 2.05) is 12.2 Å². The first-order valence-electron chi connectivity index (χ1n) is 4.50. The van der Waals surface area contributed by atoms with E-state index >= 15 is 0 Å². The van der Waals surface area contributed by atoms with Gasteiger partial charge in [0.1, 0.15) is 5.76 Å². The maximum atomic E-state index is 9.35. The molecule has 13 heavy (non-hydrogen) atoms. The van der Waals surface area contributed by atoms with Gasteiger partial charge in [-0.25, -0.2) is 0 Å². The molecule has 1 aliphatic heterocycles. The van der Waals surface area contributed by atoms with Crippen LogP contribution in [0.4, 0.5) is 0 Å². The zero-order valence-corrected chi connectivity index (χ0v) is 7.10. The van der Waals surface area contributed by atoms with Crippen LogP contribution >= 0.6 is 0 Å². The van der Waals surface area contributed by atoms with Crippen molar-refractivity contribution in [1.29, 1.82) is 0 Å². The van der Waals surface area contributed by atoms with Crippen molar-refractivity contribution in [2.24, 2.45) is 5.92 Å². The van der Waals surface area contributed by atoms with E-state index in [9.17, 15) is 5.11 Å². The number of fused-ring (bicyclic) bond motifs is 2. The van der Waals surface area contributed by atoms with Crippen molar-refractivity contribution in [3.63, 3.8) is 0 Å². The molecule has 2 heteroatoms. The largest absolute Gasteiger partial charge is 0.468 e. The van der Waals surface area contributed by atoms with Gasteiger partial charge in [0.2, 0.25) is 0 Å². The third kappa shape index (κ3) is 0.923. The maximum Gasteiger partial charge on any atom is 0.197 e. The van der Waals surface area contributed by atoms with E-state index in [4.69, 9.17) is 4.74 Å². The number of ether oxygens (including phenoxy) is 1. The summed E-state index contributed by atoms with van der Waals surface area (Å²) in [6.45, 7) is 0. The van der Waals surface area contributed by atoms with Gasteiger partial charge in [0, 0.05) is 17.9 Å². The first-order valence-corrected chi connectivity index (χ1v) is 4.50. The monoisotopic (exact) mass is 174 g/mol. The normalized spacial score (nSPS) is 34.4. The number of rotatable bonds is 0. The molecule has 0 amide bonds. The smallest absolute Gasteiger partial charge is 0.197 e. The van der Waals surface area contributed by atoms with Gasteiger partial charge in [0.15, 0.2) is 6.29 Å². The third-order valence-electron chi connectivity index (χ3n) is 2.68. The molecule has 2 unspecified atom stereocenters. The van der Waals surface area contributed by atoms with E-state index in [0.29, 0.717) is 6.42 Å². The number of hydrogen-bond donors (Lipinski definition) is 1. The zero-order chi connectivity index (χ0) is 8.84. The van der Waals surface area contributed by atoms with Crippen LogP contribution in [0.5, 0.6) is 0 Å². The number of allylic oxidation sites excluding steroid dienone is 7. The van der Waals surface area contributed by atoms with Crippen molar-refractivity contribution < 1.29 is 9.84 Å². The van der Waals surface area contributed by atoms with Crippen LogP contribution in [-0.2, 0) is 4.74 Å². The molecule has 2 nitrogen and oxygen atoms in total. The lowest BCUT2D eigenvalue weighted by Crippen LogP contribution is -2.02. The molecule has 1 saturated heterocycles. The predicted molar refractivity (Wildman–Crippen MR) is 48.6 cm³/mol. The van der Waals surface area contributed by atoms with Crippen molar-refractivity contribution in [3.05, 3.63) is 47.3 Å². The summed E-state index contributed by atoms with van der Waals surface area (Å²) in [7, 11) is 0. The molecule has 1 fully saturated rings. The summed E-state index contributed by atoms with van der Waals surface area (Å²) in [5, 5.41) is 9.35. The van der Waals surface area contributed by atoms with Gasteiger partial charge in [-0.2, -0.15) is 0 Å². The van der Waals surface area contributed by atoms with Gasteiger partial charge in [-0.15, -0.1) is 0 Å². The summed E-state index contributed by atoms with van der Waals surface area (Å²) in [5.74, 6) is 1.22. The van der Waals surface area contributed by atoms with Crippen molar-refractivity contribution in [3.8, 4) is 0 Å². The summed E-state index contributed by atoms with van der Waals surface area (Å²) in [6, 6.07) is 0. The van der Waals surface area contributed by atoms with Crippen molar-refractivity contribution >= 4 is 0 Å². The molecule has 0 aromatic heterocycles. The fourth-order valence-electron chi connectivity index (χ4n) is 2.06. The molecule has 1 heterocycles. The summed E-state index contributed by atoms with van der Waals surface area (Å²) in [4.78, 5) is 0. The van der Waals surface area contributed by atoms with E-state index in [-0.39, 0.29) is 5.92 Å². The van der Waals surface area contributed by atoms with E-state index in [1.165, 1.54) is 5.57 Å². The minimum Gasteiger partial charge on any atom is -0.468 e. The second kappa shape index (κ2) is 2.36. The Morgan fingerprint density at radius 2 is 2.31 bits per heavy atom. The van der Waals surface area contributed by atoms with Crippen molar-refractivity contribution in [2.45, 2.75) is 12.7 Å². The quantitative estimate of drug-likeness (QED) is 0.605. The molecule has 66 valence electrons. The fraction of sp³-hybridized carbons (Fsp3) is 0.273. The highest BCUT2D eigenvalue weighted by Gasteiger charge is 2.33. The van der Waals surface area contributed by atoms with Gasteiger partial charge < -0.3 is 9.84 Å². The van der Waals surface area contributed by atoms with Crippen LogP contribution in [0.25, 0.3) is 0 Å². The molecule has 1 N–H and O–H groups in total. The van der Waals surface area contributed by atoms with Gasteiger partial charge in [0.05, 0.1) is 0 Å². The molecule has 0 spiro atoms. The molecule has 3 rings (SSSR count). The van der Waals surface area contributed by atoms with Crippen LogP contribution in [0.1, 0.15) is 6.42 Å². The highest BCUT2D eigenvalue weighted by molar-refractivity contribution is 5.58. The Hall–Kier alpha value is -1.28. The van der Waals surface area contributed by atoms with E-state index in [0.717, 1.165) is 11.3 Å². The summed E-state index contributed by atoms with van der Waals surface area (Å²) < 4.78 is 5.37. The number of aliphatic hydroxyl groups excluding tert-OH is 1. The average Bonchev–Trinajstić information content (AvgIpc) is 2.65. The van der Waals surface area contributed by atoms with E-state index in [2.05, 4.69) is 18.2 Å². The van der Waals surface area contributed by atoms with Crippen LogP contribution in [-0.4, -0.2) is 11.4 Å². The molecular formula is C11H10O2. The lowest BCUT2D eigenvalue weighted by molar-refractivity contribution is -0.0356. The van der Waals surface area contributed by atoms with Crippen LogP contribution in [0.2, 0.25) is 0 Å². The first kappa shape index (κ1) is 7.15. The van der Waals surface area contributed by atoms with E-state index in [1.54, 1.807) is 0 Å². The lowest BCUT2D eigenvalue weighted by Gasteiger charge is -2.14. The van der Waals surface area contributed by atoms with Crippen LogP contribution < -0.4 is 0 Å². The zero-order valence-electron chi connectivity index (χ0n) is 7.10. The van der Waals surface area contributed by atoms with Gasteiger partial charge >= 0.3 is 0 Å². The highest BCUT2D eigenvalue weighted by atomic mass is 16.6. The molecule has 0 aromatic carbocycles. The minimum absolute atomic E-state index is 0.282. The molecule has 2 atom stereocenters. The molecular weight excluding hydrogens is 164 g/mol. The Kier molecular flexibility index (Phi) is 1.30. The Labute approximate surface area is 76.5 Å². The van der Waals surface area contributed by atoms with Gasteiger partial charge in [-0.05, 0) is 5.57 Å².